The molecule has 13 heavy (non-hydrogen) atoms. The van der Waals surface area contributed by atoms with E-state index in [2.05, 4.69) is 0 Å². The van der Waals surface area contributed by atoms with E-state index in [0.717, 1.165) is 0 Å². The van der Waals surface area contributed by atoms with E-state index in [9.17, 15) is 9.18 Å². The number of aromatic carboxylic acids is 1. The molecule has 0 spiro atoms. The minimum absolute atomic E-state index is 0. The predicted molar refractivity (Wildman–Crippen MR) is 49.9 cm³/mol. The first-order valence-electron chi connectivity index (χ1n) is 3.33. The average Bonchev–Trinajstić information content (AvgIpc) is 2.04. The topological polar surface area (TPSA) is 63.3 Å². The van der Waals surface area contributed by atoms with Crippen molar-refractivity contribution in [2.45, 2.75) is 6.67 Å². The number of hydrogen-bond acceptors (Lipinski definition) is 2. The number of carboxylic acids is 1. The van der Waals surface area contributed by atoms with Gasteiger partial charge in [0.1, 0.15) is 6.67 Å². The van der Waals surface area contributed by atoms with Crippen molar-refractivity contribution < 1.29 is 14.3 Å². The lowest BCUT2D eigenvalue weighted by Crippen LogP contribution is -2.02. The molecule has 3 N–H and O–H groups in total. The quantitative estimate of drug-likeness (QED) is 0.725. The number of nitrogen functional groups attached to an aromatic ring is 1. The van der Waals surface area contributed by atoms with E-state index < -0.39 is 12.6 Å². The Bertz CT molecular complexity index is 317. The molecule has 0 aliphatic rings. The van der Waals surface area contributed by atoms with Gasteiger partial charge in [0.15, 0.2) is 0 Å². The van der Waals surface area contributed by atoms with Gasteiger partial charge in [-0.15, -0.1) is 12.4 Å². The van der Waals surface area contributed by atoms with Crippen molar-refractivity contribution in [2.75, 3.05) is 5.73 Å². The molecule has 0 aromatic heterocycles. The molecular formula is C8H9ClFNO2. The lowest BCUT2D eigenvalue weighted by Gasteiger charge is -2.01. The van der Waals surface area contributed by atoms with Gasteiger partial charge in [-0.2, -0.15) is 0 Å². The van der Waals surface area contributed by atoms with Gasteiger partial charge < -0.3 is 10.8 Å². The molecule has 1 aromatic carbocycles. The van der Waals surface area contributed by atoms with Crippen LogP contribution >= 0.6 is 12.4 Å². The molecule has 0 aliphatic heterocycles. The van der Waals surface area contributed by atoms with E-state index in [-0.39, 0.29) is 23.5 Å². The van der Waals surface area contributed by atoms with E-state index >= 15 is 0 Å². The lowest BCUT2D eigenvalue weighted by molar-refractivity contribution is 0.0695. The Labute approximate surface area is 80.8 Å². The molecule has 0 bridgehead atoms. The molecule has 0 saturated heterocycles. The van der Waals surface area contributed by atoms with Crippen molar-refractivity contribution in [2.24, 2.45) is 0 Å². The number of alkyl halides is 1. The van der Waals surface area contributed by atoms with E-state index in [4.69, 9.17) is 10.8 Å². The number of benzene rings is 1. The second-order valence-electron chi connectivity index (χ2n) is 2.36. The monoisotopic (exact) mass is 205 g/mol. The van der Waals surface area contributed by atoms with Gasteiger partial charge in [0.2, 0.25) is 0 Å². The van der Waals surface area contributed by atoms with Crippen LogP contribution in [-0.2, 0) is 6.67 Å². The molecular weight excluding hydrogens is 197 g/mol. The zero-order chi connectivity index (χ0) is 9.14. The molecule has 1 aromatic rings. The molecule has 0 aliphatic carbocycles. The minimum Gasteiger partial charge on any atom is -0.478 e. The summed E-state index contributed by atoms with van der Waals surface area (Å²) >= 11 is 0. The van der Waals surface area contributed by atoms with Crippen molar-refractivity contribution in [1.29, 1.82) is 0 Å². The molecule has 0 atom stereocenters. The van der Waals surface area contributed by atoms with Crippen molar-refractivity contribution >= 4 is 24.1 Å². The Morgan fingerprint density at radius 2 is 2.15 bits per heavy atom. The fourth-order valence-electron chi connectivity index (χ4n) is 0.910. The summed E-state index contributed by atoms with van der Waals surface area (Å²) in [4.78, 5) is 10.5. The van der Waals surface area contributed by atoms with Gasteiger partial charge in [-0.25, -0.2) is 9.18 Å². The zero-order valence-corrected chi connectivity index (χ0v) is 7.47. The van der Waals surface area contributed by atoms with Crippen LogP contribution in [0.25, 0.3) is 0 Å². The SMILES string of the molecule is Cl.Nc1ccc(CF)c(C(=O)O)c1. The molecule has 1 rings (SSSR count). The molecule has 0 heterocycles. The number of carbonyl (C=O) groups is 1. The van der Waals surface area contributed by atoms with Gasteiger partial charge in [0.05, 0.1) is 5.56 Å². The van der Waals surface area contributed by atoms with Crippen molar-refractivity contribution in [3.63, 3.8) is 0 Å². The highest BCUT2D eigenvalue weighted by molar-refractivity contribution is 5.90. The van der Waals surface area contributed by atoms with Crippen molar-refractivity contribution in [3.8, 4) is 0 Å². The third-order valence-electron chi connectivity index (χ3n) is 1.51. The second kappa shape index (κ2) is 4.67. The van der Waals surface area contributed by atoms with Gasteiger partial charge in [0.25, 0.3) is 0 Å². The first kappa shape index (κ1) is 11.7. The average molecular weight is 206 g/mol. The summed E-state index contributed by atoms with van der Waals surface area (Å²) in [5, 5.41) is 8.60. The molecule has 0 unspecified atom stereocenters. The summed E-state index contributed by atoms with van der Waals surface area (Å²) < 4.78 is 12.2. The van der Waals surface area contributed by atoms with Crippen LogP contribution in [0.3, 0.4) is 0 Å². The maximum absolute atomic E-state index is 12.2. The Hall–Kier alpha value is -1.29. The second-order valence-corrected chi connectivity index (χ2v) is 2.36. The fraction of sp³-hybridized carbons (Fsp3) is 0.125. The molecule has 5 heteroatoms. The number of nitrogens with two attached hydrogens (primary N) is 1. The molecule has 72 valence electrons. The fourth-order valence-corrected chi connectivity index (χ4v) is 0.910. The Balaban J connectivity index is 0.00000144. The van der Waals surface area contributed by atoms with E-state index in [0.29, 0.717) is 5.69 Å². The smallest absolute Gasteiger partial charge is 0.336 e. The zero-order valence-electron chi connectivity index (χ0n) is 6.66. The summed E-state index contributed by atoms with van der Waals surface area (Å²) in [6, 6.07) is 4.09. The standard InChI is InChI=1S/C8H8FNO2.ClH/c9-4-5-1-2-6(10)3-7(5)8(11)12;/h1-3H,4,10H2,(H,11,12);1H. The Morgan fingerprint density at radius 1 is 1.54 bits per heavy atom. The van der Waals surface area contributed by atoms with Gasteiger partial charge in [0, 0.05) is 5.69 Å². The largest absolute Gasteiger partial charge is 0.478 e. The van der Waals surface area contributed by atoms with Crippen LogP contribution in [0.5, 0.6) is 0 Å². The number of hydrogen-bond donors (Lipinski definition) is 2. The number of anilines is 1. The maximum atomic E-state index is 12.2. The molecule has 3 nitrogen and oxygen atoms in total. The minimum atomic E-state index is -1.16. The molecule has 0 saturated carbocycles. The van der Waals surface area contributed by atoms with Crippen LogP contribution in [0.1, 0.15) is 15.9 Å². The van der Waals surface area contributed by atoms with Crippen LogP contribution in [0.15, 0.2) is 18.2 Å². The first-order chi connectivity index (χ1) is 5.65. The molecule has 0 amide bonds. The van der Waals surface area contributed by atoms with Gasteiger partial charge in [-0.3, -0.25) is 0 Å². The highest BCUT2D eigenvalue weighted by Crippen LogP contribution is 2.14. The molecule has 0 fully saturated rings. The highest BCUT2D eigenvalue weighted by Gasteiger charge is 2.09. The van der Waals surface area contributed by atoms with Crippen molar-refractivity contribution in [3.05, 3.63) is 29.3 Å². The van der Waals surface area contributed by atoms with Crippen molar-refractivity contribution in [1.82, 2.24) is 0 Å². The Morgan fingerprint density at radius 3 is 2.62 bits per heavy atom. The number of carboxylic acid groups (broad SMARTS) is 1. The lowest BCUT2D eigenvalue weighted by atomic mass is 10.1. The van der Waals surface area contributed by atoms with Gasteiger partial charge in [-0.05, 0) is 17.7 Å². The van der Waals surface area contributed by atoms with Crippen LogP contribution in [0, 0.1) is 0 Å². The van der Waals surface area contributed by atoms with Gasteiger partial charge in [-0.1, -0.05) is 6.07 Å². The van der Waals surface area contributed by atoms with E-state index in [1.54, 1.807) is 0 Å². The normalized spacial score (nSPS) is 9.00. The summed E-state index contributed by atoms with van der Waals surface area (Å²) in [6.07, 6.45) is 0. The summed E-state index contributed by atoms with van der Waals surface area (Å²) in [5.41, 5.74) is 5.74. The number of rotatable bonds is 2. The summed E-state index contributed by atoms with van der Waals surface area (Å²) in [7, 11) is 0. The van der Waals surface area contributed by atoms with E-state index in [1.807, 2.05) is 0 Å². The summed E-state index contributed by atoms with van der Waals surface area (Å²) in [5.74, 6) is -1.16. The van der Waals surface area contributed by atoms with Crippen LogP contribution in [0.4, 0.5) is 10.1 Å². The molecule has 0 radical (unpaired) electrons. The Kier molecular flexibility index (Phi) is 4.20. The van der Waals surface area contributed by atoms with Crippen LogP contribution < -0.4 is 5.73 Å². The maximum Gasteiger partial charge on any atom is 0.336 e. The van der Waals surface area contributed by atoms with Crippen LogP contribution in [-0.4, -0.2) is 11.1 Å². The number of halogens is 2. The predicted octanol–water partition coefficient (Wildman–Crippen LogP) is 1.86. The first-order valence-corrected chi connectivity index (χ1v) is 3.33. The highest BCUT2D eigenvalue weighted by atomic mass is 35.5. The third-order valence-corrected chi connectivity index (χ3v) is 1.51. The van der Waals surface area contributed by atoms with Crippen LogP contribution in [0.2, 0.25) is 0 Å². The third kappa shape index (κ3) is 2.59. The van der Waals surface area contributed by atoms with Gasteiger partial charge >= 0.3 is 5.97 Å². The van der Waals surface area contributed by atoms with E-state index in [1.165, 1.54) is 18.2 Å². The summed E-state index contributed by atoms with van der Waals surface area (Å²) in [6.45, 7) is -0.790.